The number of hydrogen-bond donors (Lipinski definition) is 2. The van der Waals surface area contributed by atoms with Gasteiger partial charge in [0.15, 0.2) is 6.61 Å². The highest BCUT2D eigenvalue weighted by atomic mass is 16.6. The van der Waals surface area contributed by atoms with Crippen LogP contribution in [0, 0.1) is 11.8 Å². The Hall–Kier alpha value is -2.66. The Kier molecular flexibility index (Phi) is 6.70. The summed E-state index contributed by atoms with van der Waals surface area (Å²) in [5.41, 5.74) is -1.19. The van der Waals surface area contributed by atoms with Crippen LogP contribution >= 0.6 is 0 Å². The molecule has 0 aliphatic heterocycles. The SMILES string of the molecule is C[C@@H]1[C@H](C)CCC[C@@H]1NC(=O)COC(=O)C(O)(c1ccccc1)c1ccccc1. The highest BCUT2D eigenvalue weighted by Gasteiger charge is 2.42. The van der Waals surface area contributed by atoms with Crippen LogP contribution in [0.1, 0.15) is 44.2 Å². The molecule has 2 N–H and O–H groups in total. The normalized spacial score (nSPS) is 22.0. The van der Waals surface area contributed by atoms with Crippen LogP contribution in [0.25, 0.3) is 0 Å². The van der Waals surface area contributed by atoms with Crippen LogP contribution in [0.4, 0.5) is 0 Å². The molecule has 3 rings (SSSR count). The summed E-state index contributed by atoms with van der Waals surface area (Å²) in [7, 11) is 0. The summed E-state index contributed by atoms with van der Waals surface area (Å²) < 4.78 is 5.28. The Balaban J connectivity index is 1.70. The standard InChI is InChI=1S/C24H29NO4/c1-17-10-9-15-21(18(17)2)25-22(26)16-29-23(27)24(28,19-11-5-3-6-12-19)20-13-7-4-8-14-20/h3-8,11-14,17-18,21,28H,9-10,15-16H2,1-2H3,(H,25,26)/t17-,18-,21+/m1/s1. The second kappa shape index (κ2) is 9.23. The summed E-state index contributed by atoms with van der Waals surface area (Å²) in [4.78, 5) is 25.3. The molecule has 1 amide bonds. The monoisotopic (exact) mass is 395 g/mol. The number of rotatable bonds is 6. The zero-order chi connectivity index (χ0) is 20.9. The van der Waals surface area contributed by atoms with Crippen LogP contribution in [0.2, 0.25) is 0 Å². The van der Waals surface area contributed by atoms with Gasteiger partial charge in [-0.2, -0.15) is 0 Å². The third-order valence-electron chi connectivity index (χ3n) is 6.07. The maximum absolute atomic E-state index is 12.9. The fraction of sp³-hybridized carbons (Fsp3) is 0.417. The zero-order valence-electron chi connectivity index (χ0n) is 17.0. The van der Waals surface area contributed by atoms with E-state index in [1.807, 2.05) is 0 Å². The molecule has 2 aromatic rings. The molecule has 0 radical (unpaired) electrons. The van der Waals surface area contributed by atoms with E-state index in [0.717, 1.165) is 12.8 Å². The summed E-state index contributed by atoms with van der Waals surface area (Å²) in [5.74, 6) is -0.269. The van der Waals surface area contributed by atoms with Gasteiger partial charge in [-0.1, -0.05) is 87.4 Å². The van der Waals surface area contributed by atoms with Gasteiger partial charge in [-0.3, -0.25) is 4.79 Å². The molecule has 1 fully saturated rings. The highest BCUT2D eigenvalue weighted by molar-refractivity contribution is 5.88. The predicted octanol–water partition coefficient (Wildman–Crippen LogP) is 3.41. The zero-order valence-corrected chi connectivity index (χ0v) is 17.0. The van der Waals surface area contributed by atoms with Gasteiger partial charge in [0.25, 0.3) is 5.91 Å². The van der Waals surface area contributed by atoms with Crippen LogP contribution in [-0.2, 0) is 19.9 Å². The molecule has 154 valence electrons. The van der Waals surface area contributed by atoms with Crippen molar-refractivity contribution in [2.45, 2.75) is 44.8 Å². The summed E-state index contributed by atoms with van der Waals surface area (Å²) in [6, 6.07) is 17.3. The molecule has 0 bridgehead atoms. The molecular weight excluding hydrogens is 366 g/mol. The fourth-order valence-electron chi connectivity index (χ4n) is 4.03. The molecule has 2 aromatic carbocycles. The quantitative estimate of drug-likeness (QED) is 0.735. The second-order valence-electron chi connectivity index (χ2n) is 7.96. The summed E-state index contributed by atoms with van der Waals surface area (Å²) in [5, 5.41) is 14.3. The molecular formula is C24H29NO4. The van der Waals surface area contributed by atoms with Crippen molar-refractivity contribution < 1.29 is 19.4 Å². The maximum atomic E-state index is 12.9. The third kappa shape index (κ3) is 4.67. The summed E-state index contributed by atoms with van der Waals surface area (Å²) >= 11 is 0. The number of hydrogen-bond acceptors (Lipinski definition) is 4. The Morgan fingerprint density at radius 2 is 1.55 bits per heavy atom. The topological polar surface area (TPSA) is 75.6 Å². The molecule has 0 saturated heterocycles. The number of aliphatic hydroxyl groups is 1. The first-order valence-electron chi connectivity index (χ1n) is 10.2. The minimum absolute atomic E-state index is 0.0899. The number of carbonyl (C=O) groups is 2. The lowest BCUT2D eigenvalue weighted by molar-refractivity contribution is -0.164. The number of carbonyl (C=O) groups excluding carboxylic acids is 2. The molecule has 0 unspecified atom stereocenters. The average molecular weight is 395 g/mol. The average Bonchev–Trinajstić information content (AvgIpc) is 2.76. The molecule has 1 saturated carbocycles. The van der Waals surface area contributed by atoms with E-state index in [1.54, 1.807) is 60.7 Å². The lowest BCUT2D eigenvalue weighted by Gasteiger charge is -2.34. The van der Waals surface area contributed by atoms with Gasteiger partial charge in [0.1, 0.15) is 0 Å². The Morgan fingerprint density at radius 1 is 1.00 bits per heavy atom. The number of esters is 1. The first kappa shape index (κ1) is 21.1. The Morgan fingerprint density at radius 3 is 2.10 bits per heavy atom. The molecule has 5 heteroatoms. The maximum Gasteiger partial charge on any atom is 0.348 e. The van der Waals surface area contributed by atoms with E-state index in [4.69, 9.17) is 4.74 Å². The van der Waals surface area contributed by atoms with E-state index >= 15 is 0 Å². The van der Waals surface area contributed by atoms with Gasteiger partial charge in [0.2, 0.25) is 5.60 Å². The van der Waals surface area contributed by atoms with Crippen molar-refractivity contribution in [3.8, 4) is 0 Å². The van der Waals surface area contributed by atoms with Crippen molar-refractivity contribution in [3.63, 3.8) is 0 Å². The third-order valence-corrected chi connectivity index (χ3v) is 6.07. The van der Waals surface area contributed by atoms with Gasteiger partial charge in [0, 0.05) is 6.04 Å². The molecule has 5 nitrogen and oxygen atoms in total. The van der Waals surface area contributed by atoms with E-state index in [9.17, 15) is 14.7 Å². The molecule has 29 heavy (non-hydrogen) atoms. The largest absolute Gasteiger partial charge is 0.453 e. The lowest BCUT2D eigenvalue weighted by atomic mass is 9.78. The van der Waals surface area contributed by atoms with Gasteiger partial charge < -0.3 is 15.2 Å². The molecule has 1 aliphatic rings. The van der Waals surface area contributed by atoms with Crippen LogP contribution in [0.15, 0.2) is 60.7 Å². The van der Waals surface area contributed by atoms with Gasteiger partial charge in [-0.25, -0.2) is 4.79 Å². The minimum Gasteiger partial charge on any atom is -0.453 e. The van der Waals surface area contributed by atoms with E-state index in [1.165, 1.54) is 6.42 Å². The van der Waals surface area contributed by atoms with Crippen LogP contribution in [0.5, 0.6) is 0 Å². The predicted molar refractivity (Wildman–Crippen MR) is 111 cm³/mol. The first-order valence-corrected chi connectivity index (χ1v) is 10.2. The molecule has 0 heterocycles. The van der Waals surface area contributed by atoms with E-state index < -0.39 is 18.2 Å². The van der Waals surface area contributed by atoms with Gasteiger partial charge >= 0.3 is 5.97 Å². The van der Waals surface area contributed by atoms with Crippen LogP contribution in [0.3, 0.4) is 0 Å². The van der Waals surface area contributed by atoms with Crippen molar-refractivity contribution in [2.24, 2.45) is 11.8 Å². The number of benzene rings is 2. The van der Waals surface area contributed by atoms with Crippen molar-refractivity contribution in [1.82, 2.24) is 5.32 Å². The van der Waals surface area contributed by atoms with Crippen molar-refractivity contribution in [3.05, 3.63) is 71.8 Å². The van der Waals surface area contributed by atoms with Crippen LogP contribution in [-0.4, -0.2) is 29.6 Å². The number of ether oxygens (including phenoxy) is 1. The van der Waals surface area contributed by atoms with Crippen molar-refractivity contribution in [1.29, 1.82) is 0 Å². The molecule has 0 spiro atoms. The summed E-state index contributed by atoms with van der Waals surface area (Å²) in [6.07, 6.45) is 3.19. The smallest absolute Gasteiger partial charge is 0.348 e. The Labute approximate surface area is 172 Å². The molecule has 0 aromatic heterocycles. The van der Waals surface area contributed by atoms with Crippen molar-refractivity contribution >= 4 is 11.9 Å². The van der Waals surface area contributed by atoms with E-state index in [-0.39, 0.29) is 11.9 Å². The number of amides is 1. The van der Waals surface area contributed by atoms with Gasteiger partial charge in [-0.05, 0) is 29.4 Å². The lowest BCUT2D eigenvalue weighted by Crippen LogP contribution is -2.46. The van der Waals surface area contributed by atoms with Crippen molar-refractivity contribution in [2.75, 3.05) is 6.61 Å². The first-order chi connectivity index (χ1) is 13.9. The van der Waals surface area contributed by atoms with Gasteiger partial charge in [0.05, 0.1) is 0 Å². The second-order valence-corrected chi connectivity index (χ2v) is 7.96. The highest BCUT2D eigenvalue weighted by Crippen LogP contribution is 2.31. The number of nitrogens with one attached hydrogen (secondary N) is 1. The minimum atomic E-state index is -1.98. The van der Waals surface area contributed by atoms with Gasteiger partial charge in [-0.15, -0.1) is 0 Å². The Bertz CT molecular complexity index is 782. The molecule has 1 aliphatic carbocycles. The van der Waals surface area contributed by atoms with E-state index in [0.29, 0.717) is 23.0 Å². The fourth-order valence-corrected chi connectivity index (χ4v) is 4.03. The van der Waals surface area contributed by atoms with E-state index in [2.05, 4.69) is 19.2 Å². The molecule has 3 atom stereocenters. The van der Waals surface area contributed by atoms with Crippen LogP contribution < -0.4 is 5.32 Å². The summed E-state index contributed by atoms with van der Waals surface area (Å²) in [6.45, 7) is 3.92.